The summed E-state index contributed by atoms with van der Waals surface area (Å²) in [6.07, 6.45) is 1.71. The van der Waals surface area contributed by atoms with Crippen molar-refractivity contribution in [3.05, 3.63) is 16.4 Å². The monoisotopic (exact) mass is 338 g/mol. The van der Waals surface area contributed by atoms with Crippen LogP contribution in [0.25, 0.3) is 0 Å². The fourth-order valence-corrected chi connectivity index (χ4v) is 2.80. The van der Waals surface area contributed by atoms with Crippen molar-refractivity contribution < 1.29 is 14.4 Å². The second kappa shape index (κ2) is 7.69. The maximum absolute atomic E-state index is 11.6. The molecule has 0 saturated carbocycles. The van der Waals surface area contributed by atoms with Gasteiger partial charge in [-0.3, -0.25) is 10.1 Å². The Morgan fingerprint density at radius 3 is 2.67 bits per heavy atom. The minimum absolute atomic E-state index is 0.0738. The van der Waals surface area contributed by atoms with E-state index in [2.05, 4.69) is 20.2 Å². The van der Waals surface area contributed by atoms with Crippen LogP contribution in [-0.2, 0) is 9.47 Å². The number of hydrogen-bond donors (Lipinski definition) is 1. The topological polar surface area (TPSA) is 106 Å². The van der Waals surface area contributed by atoms with E-state index < -0.39 is 4.92 Å². The first-order chi connectivity index (χ1) is 11.6. The zero-order chi connectivity index (χ0) is 16.9. The average Bonchev–Trinajstić information content (AvgIpc) is 3.08. The highest BCUT2D eigenvalue weighted by molar-refractivity contribution is 5.70. The van der Waals surface area contributed by atoms with Gasteiger partial charge in [-0.15, -0.1) is 0 Å². The van der Waals surface area contributed by atoms with Crippen molar-refractivity contribution in [2.24, 2.45) is 0 Å². The van der Waals surface area contributed by atoms with Crippen LogP contribution in [0.4, 0.5) is 17.3 Å². The first kappa shape index (κ1) is 16.8. The summed E-state index contributed by atoms with van der Waals surface area (Å²) >= 11 is 0. The highest BCUT2D eigenvalue weighted by atomic mass is 16.7. The normalized spacial score (nSPS) is 19.6. The number of anilines is 2. The third-order valence-corrected chi connectivity index (χ3v) is 4.15. The third kappa shape index (κ3) is 3.89. The summed E-state index contributed by atoms with van der Waals surface area (Å²) in [4.78, 5) is 23.5. The number of rotatable bonds is 6. The molecule has 3 rings (SSSR count). The third-order valence-electron chi connectivity index (χ3n) is 4.15. The molecule has 0 radical (unpaired) electrons. The molecule has 0 atom stereocenters. The van der Waals surface area contributed by atoms with Gasteiger partial charge < -0.3 is 24.6 Å². The largest absolute Gasteiger partial charge is 0.364 e. The van der Waals surface area contributed by atoms with Crippen molar-refractivity contribution in [3.63, 3.8) is 0 Å². The molecular formula is C14H22N6O4. The molecule has 3 heterocycles. The number of ether oxygens (including phenoxy) is 2. The highest BCUT2D eigenvalue weighted by Crippen LogP contribution is 2.32. The van der Waals surface area contributed by atoms with Crippen LogP contribution in [0.2, 0.25) is 0 Å². The van der Waals surface area contributed by atoms with Gasteiger partial charge >= 0.3 is 5.69 Å². The summed E-state index contributed by atoms with van der Waals surface area (Å²) in [6, 6.07) is 0. The molecule has 0 unspecified atom stereocenters. The van der Waals surface area contributed by atoms with E-state index >= 15 is 0 Å². The maximum Gasteiger partial charge on any atom is 0.353 e. The standard InChI is InChI=1S/C14H22N6O4/c1-18-4-6-19(7-5-18)14-12(20(21)22)13(16-10-17-14)15-3-2-11-23-8-9-24-11/h10-11H,2-9H2,1H3,(H,15,16,17). The molecule has 1 aromatic rings. The van der Waals surface area contributed by atoms with Gasteiger partial charge in [0, 0.05) is 39.1 Å². The molecule has 1 N–H and O–H groups in total. The Morgan fingerprint density at radius 2 is 2.00 bits per heavy atom. The summed E-state index contributed by atoms with van der Waals surface area (Å²) < 4.78 is 10.7. The number of nitrogens with zero attached hydrogens (tertiary/aromatic N) is 5. The molecule has 2 aliphatic heterocycles. The molecular weight excluding hydrogens is 316 g/mol. The van der Waals surface area contributed by atoms with Crippen molar-refractivity contribution in [2.45, 2.75) is 12.7 Å². The van der Waals surface area contributed by atoms with Gasteiger partial charge in [-0.05, 0) is 7.05 Å². The smallest absolute Gasteiger partial charge is 0.353 e. The molecule has 0 bridgehead atoms. The van der Waals surface area contributed by atoms with Crippen LogP contribution < -0.4 is 10.2 Å². The second-order valence-corrected chi connectivity index (χ2v) is 5.83. The number of piperazine rings is 1. The molecule has 0 spiro atoms. The lowest BCUT2D eigenvalue weighted by Gasteiger charge is -2.32. The van der Waals surface area contributed by atoms with Gasteiger partial charge in [0.25, 0.3) is 0 Å². The van der Waals surface area contributed by atoms with E-state index in [4.69, 9.17) is 9.47 Å². The van der Waals surface area contributed by atoms with E-state index in [0.29, 0.717) is 45.1 Å². The Balaban J connectivity index is 1.71. The summed E-state index contributed by atoms with van der Waals surface area (Å²) in [7, 11) is 2.03. The molecule has 1 aromatic heterocycles. The summed E-state index contributed by atoms with van der Waals surface area (Å²) in [5.41, 5.74) is -0.0738. The minimum Gasteiger partial charge on any atom is -0.364 e. The Morgan fingerprint density at radius 1 is 1.29 bits per heavy atom. The van der Waals surface area contributed by atoms with Gasteiger partial charge in [0.2, 0.25) is 11.6 Å². The Bertz CT molecular complexity index is 572. The fraction of sp³-hybridized carbons (Fsp3) is 0.714. The molecule has 0 aromatic carbocycles. The zero-order valence-electron chi connectivity index (χ0n) is 13.7. The first-order valence-corrected chi connectivity index (χ1v) is 8.05. The van der Waals surface area contributed by atoms with Crippen LogP contribution in [0, 0.1) is 10.1 Å². The van der Waals surface area contributed by atoms with Crippen molar-refractivity contribution >= 4 is 17.3 Å². The van der Waals surface area contributed by atoms with E-state index in [9.17, 15) is 10.1 Å². The minimum atomic E-state index is -0.418. The van der Waals surface area contributed by atoms with Crippen LogP contribution in [0.15, 0.2) is 6.33 Å². The lowest BCUT2D eigenvalue weighted by molar-refractivity contribution is -0.383. The van der Waals surface area contributed by atoms with E-state index in [0.717, 1.165) is 13.1 Å². The van der Waals surface area contributed by atoms with Crippen molar-refractivity contribution in [1.82, 2.24) is 14.9 Å². The van der Waals surface area contributed by atoms with Crippen LogP contribution in [0.5, 0.6) is 0 Å². The van der Waals surface area contributed by atoms with Gasteiger partial charge in [0.15, 0.2) is 6.29 Å². The van der Waals surface area contributed by atoms with Gasteiger partial charge in [0.05, 0.1) is 18.1 Å². The molecule has 132 valence electrons. The molecule has 24 heavy (non-hydrogen) atoms. The maximum atomic E-state index is 11.6. The quantitative estimate of drug-likeness (QED) is 0.579. The van der Waals surface area contributed by atoms with Crippen LogP contribution in [0.3, 0.4) is 0 Å². The zero-order valence-corrected chi connectivity index (χ0v) is 13.7. The molecule has 2 saturated heterocycles. The molecule has 0 amide bonds. The fourth-order valence-electron chi connectivity index (χ4n) is 2.80. The highest BCUT2D eigenvalue weighted by Gasteiger charge is 2.28. The van der Waals surface area contributed by atoms with E-state index in [1.54, 1.807) is 0 Å². The number of hydrogen-bond acceptors (Lipinski definition) is 9. The van der Waals surface area contributed by atoms with E-state index in [-0.39, 0.29) is 17.8 Å². The SMILES string of the molecule is CN1CCN(c2ncnc(NCCC3OCCO3)c2[N+](=O)[O-])CC1. The average molecular weight is 338 g/mol. The molecule has 10 heteroatoms. The molecule has 0 aliphatic carbocycles. The van der Waals surface area contributed by atoms with Crippen molar-refractivity contribution in [1.29, 1.82) is 0 Å². The van der Waals surface area contributed by atoms with Crippen molar-refractivity contribution in [3.8, 4) is 0 Å². The number of nitro groups is 1. The number of nitrogens with one attached hydrogen (secondary N) is 1. The number of likely N-dealkylation sites (N-methyl/N-ethyl adjacent to an activating group) is 1. The molecule has 10 nitrogen and oxygen atoms in total. The lowest BCUT2D eigenvalue weighted by atomic mass is 10.3. The molecule has 2 fully saturated rings. The second-order valence-electron chi connectivity index (χ2n) is 5.83. The van der Waals surface area contributed by atoms with E-state index in [1.807, 2.05) is 11.9 Å². The van der Waals surface area contributed by atoms with Gasteiger partial charge in [0.1, 0.15) is 6.33 Å². The van der Waals surface area contributed by atoms with Crippen LogP contribution in [-0.4, -0.2) is 79.1 Å². The Hall–Kier alpha value is -2.04. The van der Waals surface area contributed by atoms with E-state index in [1.165, 1.54) is 6.33 Å². The Labute approximate surface area is 139 Å². The lowest BCUT2D eigenvalue weighted by Crippen LogP contribution is -2.45. The van der Waals surface area contributed by atoms with Gasteiger partial charge in [-0.2, -0.15) is 0 Å². The summed E-state index contributed by atoms with van der Waals surface area (Å²) in [6.45, 7) is 4.76. The van der Waals surface area contributed by atoms with Crippen molar-refractivity contribution in [2.75, 3.05) is 63.2 Å². The van der Waals surface area contributed by atoms with Gasteiger partial charge in [-0.25, -0.2) is 9.97 Å². The van der Waals surface area contributed by atoms with Gasteiger partial charge in [-0.1, -0.05) is 0 Å². The summed E-state index contributed by atoms with van der Waals surface area (Å²) in [5, 5.41) is 14.6. The first-order valence-electron chi connectivity index (χ1n) is 8.05. The Kier molecular flexibility index (Phi) is 5.38. The predicted octanol–water partition coefficient (Wildman–Crippen LogP) is 0.312. The number of aromatic nitrogens is 2. The van der Waals surface area contributed by atoms with Crippen LogP contribution in [0.1, 0.15) is 6.42 Å². The summed E-state index contributed by atoms with van der Waals surface area (Å²) in [5.74, 6) is 0.612. The van der Waals surface area contributed by atoms with Crippen LogP contribution >= 0.6 is 0 Å². The predicted molar refractivity (Wildman–Crippen MR) is 87.2 cm³/mol. The molecule has 2 aliphatic rings.